The van der Waals surface area contributed by atoms with Crippen molar-refractivity contribution in [3.63, 3.8) is 0 Å². The summed E-state index contributed by atoms with van der Waals surface area (Å²) in [7, 11) is 0. The highest BCUT2D eigenvalue weighted by molar-refractivity contribution is 5.61. The summed E-state index contributed by atoms with van der Waals surface area (Å²) < 4.78 is 6.84. The lowest BCUT2D eigenvalue weighted by Gasteiger charge is -2.15. The summed E-state index contributed by atoms with van der Waals surface area (Å²) in [5.41, 5.74) is 7.10. The van der Waals surface area contributed by atoms with Crippen LogP contribution in [0.15, 0.2) is 16.6 Å². The molecule has 23 heavy (non-hydrogen) atoms. The lowest BCUT2D eigenvalue weighted by Crippen LogP contribution is -2.28. The van der Waals surface area contributed by atoms with Crippen LogP contribution < -0.4 is 11.4 Å². The number of nitrogens with two attached hydrogens (primary N) is 1. The van der Waals surface area contributed by atoms with Gasteiger partial charge in [0.15, 0.2) is 0 Å². The van der Waals surface area contributed by atoms with E-state index >= 15 is 0 Å². The van der Waals surface area contributed by atoms with Crippen LogP contribution in [-0.2, 0) is 4.74 Å². The Hall–Kier alpha value is -1.70. The summed E-state index contributed by atoms with van der Waals surface area (Å²) in [6.45, 7) is 5.97. The monoisotopic (exact) mass is 323 g/mol. The van der Waals surface area contributed by atoms with Gasteiger partial charge in [0.1, 0.15) is 18.1 Å². The third kappa shape index (κ3) is 4.19. The molecule has 1 aromatic heterocycles. The Balaban J connectivity index is 2.32. The molecule has 3 atom stereocenters. The minimum Gasteiger partial charge on any atom is -0.394 e. The van der Waals surface area contributed by atoms with Crippen molar-refractivity contribution >= 4 is 11.9 Å². The molecular formula is C16H25N3O4. The van der Waals surface area contributed by atoms with Crippen LogP contribution in [0.4, 0.5) is 5.82 Å². The van der Waals surface area contributed by atoms with Gasteiger partial charge in [-0.3, -0.25) is 4.57 Å². The number of aromatic nitrogens is 2. The molecule has 1 fully saturated rings. The fourth-order valence-corrected chi connectivity index (χ4v) is 2.83. The zero-order valence-electron chi connectivity index (χ0n) is 13.8. The van der Waals surface area contributed by atoms with Gasteiger partial charge in [-0.2, -0.15) is 4.98 Å². The molecule has 0 saturated carbocycles. The molecule has 0 aromatic carbocycles. The van der Waals surface area contributed by atoms with Gasteiger partial charge in [0.25, 0.3) is 0 Å². The molecule has 7 nitrogen and oxygen atoms in total. The number of rotatable bonds is 5. The van der Waals surface area contributed by atoms with Gasteiger partial charge < -0.3 is 20.7 Å². The minimum absolute atomic E-state index is 0.173. The molecule has 1 aliphatic rings. The number of aliphatic hydroxyl groups excluding tert-OH is 2. The third-order valence-corrected chi connectivity index (χ3v) is 3.84. The predicted molar refractivity (Wildman–Crippen MR) is 87.6 cm³/mol. The second kappa shape index (κ2) is 7.25. The molecular weight excluding hydrogens is 298 g/mol. The van der Waals surface area contributed by atoms with Gasteiger partial charge in [-0.1, -0.05) is 25.5 Å². The van der Waals surface area contributed by atoms with E-state index in [1.807, 2.05) is 13.0 Å². The van der Waals surface area contributed by atoms with Crippen LogP contribution >= 0.6 is 0 Å². The first-order chi connectivity index (χ1) is 10.8. The van der Waals surface area contributed by atoms with Crippen LogP contribution in [0.2, 0.25) is 0 Å². The molecule has 4 N–H and O–H groups in total. The first-order valence-electron chi connectivity index (χ1n) is 7.82. The quantitative estimate of drug-likeness (QED) is 0.743. The minimum atomic E-state index is -0.809. The van der Waals surface area contributed by atoms with Crippen LogP contribution in [0.1, 0.15) is 45.4 Å². The van der Waals surface area contributed by atoms with Crippen molar-refractivity contribution in [2.75, 3.05) is 12.3 Å². The van der Waals surface area contributed by atoms with Crippen molar-refractivity contribution in [2.24, 2.45) is 5.92 Å². The maximum Gasteiger partial charge on any atom is 0.351 e. The molecule has 2 rings (SSSR count). The SMILES string of the molecule is CC(=Cc1cn([C@H]2CC(O)[C@@H](CO)O2)c(=O)nc1N)CC(C)C. The Morgan fingerprint density at radius 1 is 1.61 bits per heavy atom. The van der Waals surface area contributed by atoms with Crippen molar-refractivity contribution in [3.05, 3.63) is 27.8 Å². The smallest absolute Gasteiger partial charge is 0.351 e. The van der Waals surface area contributed by atoms with Crippen molar-refractivity contribution in [2.45, 2.75) is 52.0 Å². The lowest BCUT2D eigenvalue weighted by molar-refractivity contribution is -0.0458. The number of nitrogens with zero attached hydrogens (tertiary/aromatic N) is 2. The number of hydrogen-bond donors (Lipinski definition) is 3. The Morgan fingerprint density at radius 3 is 2.87 bits per heavy atom. The zero-order valence-corrected chi connectivity index (χ0v) is 13.8. The van der Waals surface area contributed by atoms with Gasteiger partial charge in [0.2, 0.25) is 0 Å². The van der Waals surface area contributed by atoms with Crippen LogP contribution in [0, 0.1) is 5.92 Å². The topological polar surface area (TPSA) is 111 Å². The molecule has 7 heteroatoms. The van der Waals surface area contributed by atoms with E-state index in [1.165, 1.54) is 4.57 Å². The van der Waals surface area contributed by atoms with Crippen molar-refractivity contribution in [3.8, 4) is 0 Å². The van der Waals surface area contributed by atoms with Gasteiger partial charge >= 0.3 is 5.69 Å². The van der Waals surface area contributed by atoms with Crippen molar-refractivity contribution < 1.29 is 14.9 Å². The average Bonchev–Trinajstić information content (AvgIpc) is 2.81. The summed E-state index contributed by atoms with van der Waals surface area (Å²) in [6, 6.07) is 0. The summed E-state index contributed by atoms with van der Waals surface area (Å²) in [4.78, 5) is 15.9. The molecule has 0 bridgehead atoms. The number of aliphatic hydroxyl groups is 2. The molecule has 1 aromatic rings. The van der Waals surface area contributed by atoms with Crippen LogP contribution in [-0.4, -0.2) is 38.6 Å². The van der Waals surface area contributed by atoms with Gasteiger partial charge in [-0.15, -0.1) is 0 Å². The first kappa shape index (κ1) is 17.7. The number of ether oxygens (including phenoxy) is 1. The number of nitrogen functional groups attached to an aromatic ring is 1. The second-order valence-corrected chi connectivity index (χ2v) is 6.47. The molecule has 1 unspecified atom stereocenters. The van der Waals surface area contributed by atoms with Crippen molar-refractivity contribution in [1.29, 1.82) is 0 Å². The Labute approximate surface area is 135 Å². The number of allylic oxidation sites excluding steroid dienone is 1. The zero-order chi connectivity index (χ0) is 17.1. The predicted octanol–water partition coefficient (Wildman–Crippen LogP) is 0.916. The van der Waals surface area contributed by atoms with E-state index in [9.17, 15) is 9.90 Å². The van der Waals surface area contributed by atoms with E-state index in [-0.39, 0.29) is 18.8 Å². The van der Waals surface area contributed by atoms with Gasteiger partial charge in [0, 0.05) is 18.2 Å². The van der Waals surface area contributed by atoms with Gasteiger partial charge in [-0.05, 0) is 19.3 Å². The number of hydrogen-bond acceptors (Lipinski definition) is 6. The normalized spacial score (nSPS) is 25.3. The number of anilines is 1. The lowest BCUT2D eigenvalue weighted by atomic mass is 10.0. The highest BCUT2D eigenvalue weighted by Gasteiger charge is 2.35. The maximum absolute atomic E-state index is 12.1. The van der Waals surface area contributed by atoms with Gasteiger partial charge in [0.05, 0.1) is 12.7 Å². The highest BCUT2D eigenvalue weighted by Crippen LogP contribution is 2.28. The molecule has 0 amide bonds. The van der Waals surface area contributed by atoms with E-state index in [0.29, 0.717) is 11.5 Å². The molecule has 1 aliphatic heterocycles. The highest BCUT2D eigenvalue weighted by atomic mass is 16.5. The standard InChI is InChI=1S/C16H25N3O4/c1-9(2)4-10(3)5-11-7-19(16(22)18-15(11)17)14-6-12(21)13(8-20)23-14/h5,7,9,12-14,20-21H,4,6,8H2,1-3H3,(H2,17,18,22)/t12?,13-,14-/m1/s1. The van der Waals surface area contributed by atoms with E-state index in [0.717, 1.165) is 12.0 Å². The van der Waals surface area contributed by atoms with E-state index in [2.05, 4.69) is 18.8 Å². The fourth-order valence-electron chi connectivity index (χ4n) is 2.83. The fraction of sp³-hybridized carbons (Fsp3) is 0.625. The Bertz CT molecular complexity index is 639. The molecule has 128 valence electrons. The van der Waals surface area contributed by atoms with Crippen LogP contribution in [0.25, 0.3) is 6.08 Å². The Kier molecular flexibility index (Phi) is 5.56. The molecule has 1 saturated heterocycles. The average molecular weight is 323 g/mol. The molecule has 0 aliphatic carbocycles. The van der Waals surface area contributed by atoms with Crippen LogP contribution in [0.5, 0.6) is 0 Å². The van der Waals surface area contributed by atoms with Gasteiger partial charge in [-0.25, -0.2) is 4.79 Å². The molecule has 2 heterocycles. The first-order valence-corrected chi connectivity index (χ1v) is 7.82. The third-order valence-electron chi connectivity index (χ3n) is 3.84. The second-order valence-electron chi connectivity index (χ2n) is 6.47. The summed E-state index contributed by atoms with van der Waals surface area (Å²) in [6.07, 6.45) is 2.51. The summed E-state index contributed by atoms with van der Waals surface area (Å²) >= 11 is 0. The molecule has 0 spiro atoms. The molecule has 0 radical (unpaired) electrons. The van der Waals surface area contributed by atoms with E-state index in [4.69, 9.17) is 15.6 Å². The largest absolute Gasteiger partial charge is 0.394 e. The van der Waals surface area contributed by atoms with Crippen LogP contribution in [0.3, 0.4) is 0 Å². The Morgan fingerprint density at radius 2 is 2.30 bits per heavy atom. The summed E-state index contributed by atoms with van der Waals surface area (Å²) in [5.74, 6) is 0.691. The van der Waals surface area contributed by atoms with E-state index in [1.54, 1.807) is 6.20 Å². The van der Waals surface area contributed by atoms with Crippen molar-refractivity contribution in [1.82, 2.24) is 9.55 Å². The maximum atomic E-state index is 12.1. The van der Waals surface area contributed by atoms with E-state index < -0.39 is 24.1 Å². The summed E-state index contributed by atoms with van der Waals surface area (Å²) in [5, 5.41) is 19.0.